The van der Waals surface area contributed by atoms with Crippen molar-refractivity contribution >= 4 is 35.0 Å². The van der Waals surface area contributed by atoms with Gasteiger partial charge in [-0.1, -0.05) is 41.4 Å². The maximum Gasteiger partial charge on any atom is 0.251 e. The van der Waals surface area contributed by atoms with E-state index >= 15 is 0 Å². The molecule has 4 rings (SSSR count). The number of carbonyl (C=O) groups excluding carboxylic acids is 2. The number of carbonyl (C=O) groups is 2. The van der Waals surface area contributed by atoms with Gasteiger partial charge in [-0.15, -0.1) is 0 Å². The lowest BCUT2D eigenvalue weighted by molar-refractivity contribution is -0.123. The summed E-state index contributed by atoms with van der Waals surface area (Å²) < 4.78 is 0. The summed E-state index contributed by atoms with van der Waals surface area (Å²) in [5.41, 5.74) is 1.71. The standard InChI is InChI=1S/C24H27Cl2N3O2/c1-15(27-24(31)17-3-2-4-19(26)11-17)23(30)28-20-12-21-9-10-22(13-20)29(21)14-16-5-7-18(25)8-6-16/h2-8,11,15,20-22H,9-10,12-14H2,1H3,(H,27,31)(H,28,30)/t15-,20?,21?,22?/m1/s1. The Kier molecular flexibility index (Phi) is 6.85. The van der Waals surface area contributed by atoms with Gasteiger partial charge in [0, 0.05) is 40.3 Å². The van der Waals surface area contributed by atoms with Crippen LogP contribution in [-0.4, -0.2) is 40.9 Å². The Bertz CT molecular complexity index is 936. The van der Waals surface area contributed by atoms with Crippen LogP contribution >= 0.6 is 23.2 Å². The predicted octanol–water partition coefficient (Wildman–Crippen LogP) is 4.42. The Morgan fingerprint density at radius 3 is 2.35 bits per heavy atom. The Morgan fingerprint density at radius 1 is 1.03 bits per heavy atom. The molecule has 2 aromatic rings. The Hall–Kier alpha value is -2.08. The Labute approximate surface area is 193 Å². The molecule has 2 N–H and O–H groups in total. The van der Waals surface area contributed by atoms with E-state index in [1.54, 1.807) is 31.2 Å². The summed E-state index contributed by atoms with van der Waals surface area (Å²) >= 11 is 12.0. The van der Waals surface area contributed by atoms with Crippen LogP contribution in [0.5, 0.6) is 0 Å². The van der Waals surface area contributed by atoms with E-state index in [-0.39, 0.29) is 17.9 Å². The minimum atomic E-state index is -0.615. The topological polar surface area (TPSA) is 61.4 Å². The van der Waals surface area contributed by atoms with Crippen LogP contribution in [0.25, 0.3) is 0 Å². The molecule has 2 heterocycles. The molecule has 0 saturated carbocycles. The summed E-state index contributed by atoms with van der Waals surface area (Å²) in [6.45, 7) is 2.63. The minimum Gasteiger partial charge on any atom is -0.351 e. The van der Waals surface area contributed by atoms with Crippen molar-refractivity contribution in [2.45, 2.75) is 63.3 Å². The van der Waals surface area contributed by atoms with Crippen LogP contribution in [0, 0.1) is 0 Å². The number of halogens is 2. The van der Waals surface area contributed by atoms with Gasteiger partial charge < -0.3 is 10.6 Å². The summed E-state index contributed by atoms with van der Waals surface area (Å²) in [7, 11) is 0. The van der Waals surface area contributed by atoms with Crippen molar-refractivity contribution in [3.8, 4) is 0 Å². The first-order chi connectivity index (χ1) is 14.9. The molecule has 5 nitrogen and oxygen atoms in total. The fourth-order valence-electron chi connectivity index (χ4n) is 4.75. The number of piperidine rings is 1. The molecule has 0 radical (unpaired) electrons. The molecule has 7 heteroatoms. The molecule has 3 atom stereocenters. The molecule has 0 spiro atoms. The third kappa shape index (κ3) is 5.40. The molecule has 0 aromatic heterocycles. The number of rotatable bonds is 6. The zero-order chi connectivity index (χ0) is 22.0. The highest BCUT2D eigenvalue weighted by Crippen LogP contribution is 2.37. The van der Waals surface area contributed by atoms with Gasteiger partial charge in [0.2, 0.25) is 5.91 Å². The quantitative estimate of drug-likeness (QED) is 0.671. The van der Waals surface area contributed by atoms with E-state index in [1.165, 1.54) is 5.56 Å². The molecule has 31 heavy (non-hydrogen) atoms. The third-order valence-corrected chi connectivity index (χ3v) is 6.82. The molecule has 2 aliphatic heterocycles. The van der Waals surface area contributed by atoms with Crippen LogP contribution in [-0.2, 0) is 11.3 Å². The van der Waals surface area contributed by atoms with E-state index in [0.29, 0.717) is 22.7 Å². The van der Waals surface area contributed by atoms with Gasteiger partial charge in [-0.05, 0) is 68.5 Å². The summed E-state index contributed by atoms with van der Waals surface area (Å²) in [6, 6.07) is 15.2. The number of amides is 2. The molecule has 0 aliphatic carbocycles. The van der Waals surface area contributed by atoms with E-state index in [0.717, 1.165) is 37.3 Å². The smallest absolute Gasteiger partial charge is 0.251 e. The van der Waals surface area contributed by atoms with E-state index in [2.05, 4.69) is 27.7 Å². The van der Waals surface area contributed by atoms with Gasteiger partial charge in [0.15, 0.2) is 0 Å². The van der Waals surface area contributed by atoms with Crippen molar-refractivity contribution in [1.82, 2.24) is 15.5 Å². The average Bonchev–Trinajstić information content (AvgIpc) is 2.97. The fraction of sp³-hybridized carbons (Fsp3) is 0.417. The molecule has 2 saturated heterocycles. The normalized spacial score (nSPS) is 23.9. The summed E-state index contributed by atoms with van der Waals surface area (Å²) in [4.78, 5) is 27.7. The van der Waals surface area contributed by atoms with Crippen LogP contribution in [0.4, 0.5) is 0 Å². The number of fused-ring (bicyclic) bond motifs is 2. The lowest BCUT2D eigenvalue weighted by atomic mass is 9.96. The largest absolute Gasteiger partial charge is 0.351 e. The van der Waals surface area contributed by atoms with Crippen molar-refractivity contribution in [3.63, 3.8) is 0 Å². The van der Waals surface area contributed by atoms with E-state index in [9.17, 15) is 9.59 Å². The second-order valence-corrected chi connectivity index (χ2v) is 9.44. The molecular weight excluding hydrogens is 433 g/mol. The van der Waals surface area contributed by atoms with E-state index < -0.39 is 6.04 Å². The molecule has 2 unspecified atom stereocenters. The number of nitrogens with one attached hydrogen (secondary N) is 2. The van der Waals surface area contributed by atoms with Crippen LogP contribution in [0.1, 0.15) is 48.5 Å². The molecule has 2 bridgehead atoms. The van der Waals surface area contributed by atoms with E-state index in [4.69, 9.17) is 23.2 Å². The molecule has 2 amide bonds. The fourth-order valence-corrected chi connectivity index (χ4v) is 5.07. The zero-order valence-corrected chi connectivity index (χ0v) is 19.0. The Balaban J connectivity index is 1.30. The van der Waals surface area contributed by atoms with E-state index in [1.807, 2.05) is 12.1 Å². The highest BCUT2D eigenvalue weighted by atomic mass is 35.5. The van der Waals surface area contributed by atoms with Crippen LogP contribution in [0.3, 0.4) is 0 Å². The summed E-state index contributed by atoms with van der Waals surface area (Å²) in [5.74, 6) is -0.450. The lowest BCUT2D eigenvalue weighted by Gasteiger charge is -2.39. The van der Waals surface area contributed by atoms with Gasteiger partial charge in [-0.25, -0.2) is 0 Å². The minimum absolute atomic E-state index is 0.136. The molecule has 164 valence electrons. The maximum atomic E-state index is 12.7. The van der Waals surface area contributed by atoms with Crippen molar-refractivity contribution in [2.24, 2.45) is 0 Å². The van der Waals surface area contributed by atoms with Gasteiger partial charge in [0.1, 0.15) is 6.04 Å². The second kappa shape index (κ2) is 9.60. The zero-order valence-electron chi connectivity index (χ0n) is 17.5. The highest BCUT2D eigenvalue weighted by Gasteiger charge is 2.41. The number of hydrogen-bond donors (Lipinski definition) is 2. The van der Waals surface area contributed by atoms with Crippen LogP contribution in [0.15, 0.2) is 48.5 Å². The van der Waals surface area contributed by atoms with Crippen molar-refractivity contribution in [3.05, 3.63) is 69.7 Å². The first kappa shape index (κ1) is 22.1. The second-order valence-electron chi connectivity index (χ2n) is 8.57. The SMILES string of the molecule is C[C@@H](NC(=O)c1cccc(Cl)c1)C(=O)NC1CC2CCC(C1)N2Cc1ccc(Cl)cc1. The first-order valence-electron chi connectivity index (χ1n) is 10.8. The molecular formula is C24H27Cl2N3O2. The molecule has 2 aliphatic rings. The molecule has 2 fully saturated rings. The van der Waals surface area contributed by atoms with Gasteiger partial charge in [-0.2, -0.15) is 0 Å². The number of nitrogens with zero attached hydrogens (tertiary/aromatic N) is 1. The van der Waals surface area contributed by atoms with Crippen LogP contribution in [0.2, 0.25) is 10.0 Å². The maximum absolute atomic E-state index is 12.7. The number of hydrogen-bond acceptors (Lipinski definition) is 3. The summed E-state index contributed by atoms with van der Waals surface area (Å²) in [6.07, 6.45) is 4.19. The van der Waals surface area contributed by atoms with Gasteiger partial charge in [0.25, 0.3) is 5.91 Å². The number of benzene rings is 2. The summed E-state index contributed by atoms with van der Waals surface area (Å²) in [5, 5.41) is 7.17. The van der Waals surface area contributed by atoms with Crippen LogP contribution < -0.4 is 10.6 Å². The van der Waals surface area contributed by atoms with Crippen molar-refractivity contribution < 1.29 is 9.59 Å². The highest BCUT2D eigenvalue weighted by molar-refractivity contribution is 6.31. The average molecular weight is 460 g/mol. The first-order valence-corrected chi connectivity index (χ1v) is 11.5. The van der Waals surface area contributed by atoms with Crippen molar-refractivity contribution in [1.29, 1.82) is 0 Å². The van der Waals surface area contributed by atoms with Gasteiger partial charge >= 0.3 is 0 Å². The predicted molar refractivity (Wildman–Crippen MR) is 123 cm³/mol. The third-order valence-electron chi connectivity index (χ3n) is 6.34. The van der Waals surface area contributed by atoms with Gasteiger partial charge in [0.05, 0.1) is 0 Å². The molecule has 2 aromatic carbocycles. The van der Waals surface area contributed by atoms with Gasteiger partial charge in [-0.3, -0.25) is 14.5 Å². The lowest BCUT2D eigenvalue weighted by Crippen LogP contribution is -2.53. The van der Waals surface area contributed by atoms with Crippen molar-refractivity contribution in [2.75, 3.05) is 0 Å². The monoisotopic (exact) mass is 459 g/mol. The Morgan fingerprint density at radius 2 is 1.71 bits per heavy atom.